The van der Waals surface area contributed by atoms with Crippen LogP contribution in [0, 0.1) is 6.92 Å². The number of aromatic nitrogens is 2. The Morgan fingerprint density at radius 3 is 2.86 bits per heavy atom. The third-order valence-electron chi connectivity index (χ3n) is 1.92. The zero-order valence-electron chi connectivity index (χ0n) is 7.58. The number of nitrogens with one attached hydrogen (secondary N) is 1. The second kappa shape index (κ2) is 3.40. The first-order valence-corrected chi connectivity index (χ1v) is 4.49. The molecule has 4 nitrogen and oxygen atoms in total. The highest BCUT2D eigenvalue weighted by atomic mass is 35.5. The molecule has 0 aliphatic carbocycles. The number of nitrogen functional groups attached to an aromatic ring is 1. The fourth-order valence-corrected chi connectivity index (χ4v) is 1.62. The van der Waals surface area contributed by atoms with Gasteiger partial charge in [-0.1, -0.05) is 17.7 Å². The van der Waals surface area contributed by atoms with E-state index in [2.05, 4.69) is 15.4 Å². The Morgan fingerprint density at radius 2 is 2.14 bits per heavy atom. The first-order chi connectivity index (χ1) is 6.72. The highest BCUT2D eigenvalue weighted by Gasteiger charge is 2.07. The molecule has 0 atom stereocenters. The topological polar surface area (TPSA) is 63.8 Å². The van der Waals surface area contributed by atoms with Gasteiger partial charge in [0.2, 0.25) is 0 Å². The maximum Gasteiger partial charge on any atom is 0.153 e. The first-order valence-electron chi connectivity index (χ1n) is 4.12. The first kappa shape index (κ1) is 9.18. The van der Waals surface area contributed by atoms with Crippen LogP contribution in [0.1, 0.15) is 5.82 Å². The van der Waals surface area contributed by atoms with E-state index in [-0.39, 0.29) is 0 Å². The van der Waals surface area contributed by atoms with Crippen LogP contribution in [0.15, 0.2) is 18.2 Å². The lowest BCUT2D eigenvalue weighted by atomic mass is 10.2. The molecule has 2 aromatic rings. The molecule has 0 bridgehead atoms. The van der Waals surface area contributed by atoms with Crippen molar-refractivity contribution in [3.8, 4) is 0 Å². The molecule has 0 amide bonds. The Labute approximate surface area is 86.1 Å². The molecule has 5 heteroatoms. The average molecular weight is 209 g/mol. The zero-order chi connectivity index (χ0) is 10.1. The Kier molecular flexibility index (Phi) is 2.23. The molecule has 0 unspecified atom stereocenters. The van der Waals surface area contributed by atoms with Gasteiger partial charge in [0.05, 0.1) is 15.9 Å². The lowest BCUT2D eigenvalue weighted by Gasteiger charge is -2.06. The van der Waals surface area contributed by atoms with Gasteiger partial charge in [0.1, 0.15) is 5.82 Å². The van der Waals surface area contributed by atoms with Crippen LogP contribution >= 0.6 is 11.6 Å². The fourth-order valence-electron chi connectivity index (χ4n) is 1.36. The molecular weight excluding hydrogens is 200 g/mol. The monoisotopic (exact) mass is 208 g/mol. The minimum atomic E-state index is 0.554. The van der Waals surface area contributed by atoms with E-state index in [0.717, 1.165) is 10.9 Å². The highest BCUT2D eigenvalue weighted by molar-refractivity contribution is 6.36. The van der Waals surface area contributed by atoms with Crippen molar-refractivity contribution in [3.05, 3.63) is 29.0 Å². The number of hydrogen-bond donors (Lipinski definition) is 2. The van der Waals surface area contributed by atoms with Gasteiger partial charge in [-0.05, 0) is 19.1 Å². The second-order valence-corrected chi connectivity index (χ2v) is 3.30. The molecule has 0 spiro atoms. The van der Waals surface area contributed by atoms with Crippen molar-refractivity contribution >= 4 is 28.3 Å². The second-order valence-electron chi connectivity index (χ2n) is 2.90. The van der Waals surface area contributed by atoms with Gasteiger partial charge in [-0.2, -0.15) is 0 Å². The summed E-state index contributed by atoms with van der Waals surface area (Å²) in [6.45, 7) is 1.81. The SMILES string of the molecule is Cc1nc(NN)c2c(Cl)cccc2n1. The Hall–Kier alpha value is -1.39. The van der Waals surface area contributed by atoms with Crippen molar-refractivity contribution < 1.29 is 0 Å². The third kappa shape index (κ3) is 1.38. The molecule has 3 N–H and O–H groups in total. The number of nitrogens with zero attached hydrogens (tertiary/aromatic N) is 2. The maximum absolute atomic E-state index is 6.02. The van der Waals surface area contributed by atoms with Crippen molar-refractivity contribution in [2.24, 2.45) is 5.84 Å². The zero-order valence-corrected chi connectivity index (χ0v) is 8.34. The standard InChI is InChI=1S/C9H9ClN4/c1-5-12-7-4-2-3-6(10)8(7)9(13-5)14-11/h2-4H,11H2,1H3,(H,12,13,14). The van der Waals surface area contributed by atoms with Gasteiger partial charge in [-0.25, -0.2) is 15.8 Å². The van der Waals surface area contributed by atoms with Crippen molar-refractivity contribution in [2.45, 2.75) is 6.92 Å². The summed E-state index contributed by atoms with van der Waals surface area (Å²) in [5.74, 6) is 6.57. The summed E-state index contributed by atoms with van der Waals surface area (Å²) in [4.78, 5) is 8.40. The molecule has 0 saturated carbocycles. The molecule has 0 aliphatic heterocycles. The minimum absolute atomic E-state index is 0.554. The van der Waals surface area contributed by atoms with Crippen LogP contribution in [0.3, 0.4) is 0 Å². The summed E-state index contributed by atoms with van der Waals surface area (Å²) in [5.41, 5.74) is 3.31. The number of aryl methyl sites for hydroxylation is 1. The lowest BCUT2D eigenvalue weighted by Crippen LogP contribution is -2.10. The van der Waals surface area contributed by atoms with Crippen LogP contribution < -0.4 is 11.3 Å². The number of rotatable bonds is 1. The van der Waals surface area contributed by atoms with E-state index in [1.165, 1.54) is 0 Å². The summed E-state index contributed by atoms with van der Waals surface area (Å²) in [6.07, 6.45) is 0. The number of nitrogens with two attached hydrogens (primary N) is 1. The molecule has 14 heavy (non-hydrogen) atoms. The van der Waals surface area contributed by atoms with Gasteiger partial charge in [0, 0.05) is 0 Å². The van der Waals surface area contributed by atoms with Gasteiger partial charge >= 0.3 is 0 Å². The van der Waals surface area contributed by atoms with Crippen LogP contribution in [0.4, 0.5) is 5.82 Å². The lowest BCUT2D eigenvalue weighted by molar-refractivity contribution is 1.08. The normalized spacial score (nSPS) is 10.5. The number of halogens is 1. The van der Waals surface area contributed by atoms with Crippen LogP contribution in [0.2, 0.25) is 5.02 Å². The maximum atomic E-state index is 6.02. The molecule has 1 aromatic carbocycles. The smallest absolute Gasteiger partial charge is 0.153 e. The molecule has 0 fully saturated rings. The fraction of sp³-hybridized carbons (Fsp3) is 0.111. The molecule has 0 radical (unpaired) electrons. The number of hydrogen-bond acceptors (Lipinski definition) is 4. The predicted molar refractivity (Wildman–Crippen MR) is 57.1 cm³/mol. The molecular formula is C9H9ClN4. The predicted octanol–water partition coefficient (Wildman–Crippen LogP) is 1.88. The molecule has 1 heterocycles. The summed E-state index contributed by atoms with van der Waals surface area (Å²) in [7, 11) is 0. The van der Waals surface area contributed by atoms with Crippen molar-refractivity contribution in [2.75, 3.05) is 5.43 Å². The van der Waals surface area contributed by atoms with E-state index in [1.807, 2.05) is 12.1 Å². The van der Waals surface area contributed by atoms with Crippen molar-refractivity contribution in [3.63, 3.8) is 0 Å². The summed E-state index contributed by atoms with van der Waals surface area (Å²) in [6, 6.07) is 5.50. The van der Waals surface area contributed by atoms with E-state index in [9.17, 15) is 0 Å². The Morgan fingerprint density at radius 1 is 1.36 bits per heavy atom. The average Bonchev–Trinajstić information content (AvgIpc) is 2.16. The molecule has 0 saturated heterocycles. The van der Waals surface area contributed by atoms with Crippen LogP contribution in [0.25, 0.3) is 10.9 Å². The van der Waals surface area contributed by atoms with E-state index in [1.54, 1.807) is 13.0 Å². The van der Waals surface area contributed by atoms with E-state index in [0.29, 0.717) is 16.7 Å². The van der Waals surface area contributed by atoms with Gasteiger partial charge in [-0.15, -0.1) is 0 Å². The van der Waals surface area contributed by atoms with E-state index < -0.39 is 0 Å². The number of benzene rings is 1. The number of fused-ring (bicyclic) bond motifs is 1. The summed E-state index contributed by atoms with van der Waals surface area (Å²) < 4.78 is 0. The van der Waals surface area contributed by atoms with E-state index >= 15 is 0 Å². The molecule has 2 rings (SSSR count). The van der Waals surface area contributed by atoms with Crippen LogP contribution in [0.5, 0.6) is 0 Å². The van der Waals surface area contributed by atoms with Gasteiger partial charge in [-0.3, -0.25) is 0 Å². The highest BCUT2D eigenvalue weighted by Crippen LogP contribution is 2.27. The van der Waals surface area contributed by atoms with Gasteiger partial charge in [0.25, 0.3) is 0 Å². The Bertz CT molecular complexity index is 483. The quantitative estimate of drug-likeness (QED) is 0.555. The largest absolute Gasteiger partial charge is 0.308 e. The Balaban J connectivity index is 2.88. The third-order valence-corrected chi connectivity index (χ3v) is 2.24. The van der Waals surface area contributed by atoms with Crippen LogP contribution in [-0.4, -0.2) is 9.97 Å². The van der Waals surface area contributed by atoms with Crippen molar-refractivity contribution in [1.29, 1.82) is 0 Å². The van der Waals surface area contributed by atoms with Crippen LogP contribution in [-0.2, 0) is 0 Å². The molecule has 72 valence electrons. The van der Waals surface area contributed by atoms with E-state index in [4.69, 9.17) is 17.4 Å². The summed E-state index contributed by atoms with van der Waals surface area (Å²) >= 11 is 6.02. The number of hydrazine groups is 1. The van der Waals surface area contributed by atoms with Gasteiger partial charge in [0.15, 0.2) is 5.82 Å². The van der Waals surface area contributed by atoms with Crippen molar-refractivity contribution in [1.82, 2.24) is 9.97 Å². The minimum Gasteiger partial charge on any atom is -0.308 e. The molecule has 0 aliphatic rings. The number of anilines is 1. The van der Waals surface area contributed by atoms with Gasteiger partial charge < -0.3 is 5.43 Å². The molecule has 1 aromatic heterocycles. The summed E-state index contributed by atoms with van der Waals surface area (Å²) in [5, 5.41) is 1.35.